The lowest BCUT2D eigenvalue weighted by atomic mass is 9.79. The second kappa shape index (κ2) is 6.91. The molecule has 2 nitrogen and oxygen atoms in total. The molecule has 0 saturated carbocycles. The molecule has 0 unspecified atom stereocenters. The Hall–Kier alpha value is -3.78. The van der Waals surface area contributed by atoms with E-state index in [1.807, 2.05) is 24.3 Å². The first kappa shape index (κ1) is 21.5. The Morgan fingerprint density at radius 1 is 0.528 bits per heavy atom. The number of hydrogen-bond donors (Lipinski definition) is 0. The minimum Gasteiger partial charge on any atom is -0.464 e. The van der Waals surface area contributed by atoms with Crippen molar-refractivity contribution in [2.75, 3.05) is 0 Å². The average Bonchev–Trinajstić information content (AvgIpc) is 3.62. The number of fused-ring (bicyclic) bond motifs is 6. The molecule has 0 aliphatic heterocycles. The van der Waals surface area contributed by atoms with Crippen molar-refractivity contribution in [1.82, 2.24) is 0 Å². The molecule has 0 N–H and O–H groups in total. The van der Waals surface area contributed by atoms with Crippen molar-refractivity contribution in [3.05, 3.63) is 107 Å². The third-order valence-electron chi connectivity index (χ3n) is 8.67. The third-order valence-corrected chi connectivity index (χ3v) is 8.67. The molecule has 2 aromatic heterocycles. The fourth-order valence-corrected chi connectivity index (χ4v) is 6.78. The SMILES string of the molecule is Cc1cc(-c2ccco2)cc2c1-c1cc3c(cc1C2(C)C)-c1c(C)cc(-c2ccco2)cc1C3(C)C. The quantitative estimate of drug-likeness (QED) is 0.257. The Balaban J connectivity index is 1.46. The van der Waals surface area contributed by atoms with Gasteiger partial charge in [-0.25, -0.2) is 0 Å². The summed E-state index contributed by atoms with van der Waals surface area (Å²) in [5.41, 5.74) is 15.8. The molecule has 0 atom stereocenters. The van der Waals surface area contributed by atoms with Crippen LogP contribution in [0.25, 0.3) is 44.9 Å². The van der Waals surface area contributed by atoms with Crippen LogP contribution in [-0.2, 0) is 10.8 Å². The number of rotatable bonds is 2. The van der Waals surface area contributed by atoms with Crippen LogP contribution < -0.4 is 0 Å². The maximum atomic E-state index is 5.75. The molecule has 2 heterocycles. The number of benzene rings is 3. The number of aryl methyl sites for hydroxylation is 2. The third kappa shape index (κ3) is 2.67. The lowest BCUT2D eigenvalue weighted by Crippen LogP contribution is -2.17. The van der Waals surface area contributed by atoms with Gasteiger partial charge in [0, 0.05) is 22.0 Å². The van der Waals surface area contributed by atoms with E-state index in [9.17, 15) is 0 Å². The second-order valence-corrected chi connectivity index (χ2v) is 11.6. The smallest absolute Gasteiger partial charge is 0.133 e. The van der Waals surface area contributed by atoms with Gasteiger partial charge in [0.1, 0.15) is 11.5 Å². The molecule has 2 heteroatoms. The van der Waals surface area contributed by atoms with Gasteiger partial charge in [-0.15, -0.1) is 0 Å². The highest BCUT2D eigenvalue weighted by Gasteiger charge is 2.43. The molecule has 5 aromatic rings. The highest BCUT2D eigenvalue weighted by atomic mass is 16.3. The molecule has 0 spiro atoms. The van der Waals surface area contributed by atoms with E-state index in [2.05, 4.69) is 77.9 Å². The standard InChI is InChI=1S/C34H30O2/c1-19-13-21(29-9-7-11-35-29)15-27-31(19)23-17-26-24(18-25(23)33(27,3)4)32-20(2)14-22(30-10-8-12-36-30)16-28(32)34(26,5)6/h7-18H,1-6H3. The molecule has 0 amide bonds. The minimum absolute atomic E-state index is 0.0953. The van der Waals surface area contributed by atoms with Crippen LogP contribution in [0.1, 0.15) is 61.1 Å². The predicted molar refractivity (Wildman–Crippen MR) is 146 cm³/mol. The lowest BCUT2D eigenvalue weighted by Gasteiger charge is -2.24. The van der Waals surface area contributed by atoms with Gasteiger partial charge in [-0.1, -0.05) is 27.7 Å². The fourth-order valence-electron chi connectivity index (χ4n) is 6.78. The zero-order valence-electron chi connectivity index (χ0n) is 21.7. The van der Waals surface area contributed by atoms with Crippen molar-refractivity contribution < 1.29 is 8.83 Å². The van der Waals surface area contributed by atoms with Gasteiger partial charge in [0.2, 0.25) is 0 Å². The monoisotopic (exact) mass is 470 g/mol. The average molecular weight is 471 g/mol. The molecule has 0 bridgehead atoms. The van der Waals surface area contributed by atoms with Crippen LogP contribution in [0.5, 0.6) is 0 Å². The highest BCUT2D eigenvalue weighted by molar-refractivity contribution is 5.93. The van der Waals surface area contributed by atoms with Crippen molar-refractivity contribution in [1.29, 1.82) is 0 Å². The van der Waals surface area contributed by atoms with Crippen molar-refractivity contribution in [3.63, 3.8) is 0 Å². The summed E-state index contributed by atoms with van der Waals surface area (Å²) in [4.78, 5) is 0. The zero-order valence-corrected chi connectivity index (χ0v) is 21.7. The molecule has 3 aromatic carbocycles. The molecule has 7 rings (SSSR count). The summed E-state index contributed by atoms with van der Waals surface area (Å²) in [6.07, 6.45) is 3.50. The van der Waals surface area contributed by atoms with Crippen LogP contribution in [0.15, 0.2) is 82.0 Å². The molecule has 0 radical (unpaired) electrons. The van der Waals surface area contributed by atoms with Gasteiger partial charge in [0.05, 0.1) is 12.5 Å². The first-order valence-corrected chi connectivity index (χ1v) is 12.8. The molecular weight excluding hydrogens is 440 g/mol. The van der Waals surface area contributed by atoms with E-state index in [0.29, 0.717) is 0 Å². The van der Waals surface area contributed by atoms with Crippen molar-refractivity contribution in [3.8, 4) is 44.9 Å². The number of furan rings is 2. The van der Waals surface area contributed by atoms with Gasteiger partial charge in [-0.3, -0.25) is 0 Å². The maximum absolute atomic E-state index is 5.75. The van der Waals surface area contributed by atoms with E-state index in [-0.39, 0.29) is 10.8 Å². The Bertz CT molecular complexity index is 1550. The summed E-state index contributed by atoms with van der Waals surface area (Å²) < 4.78 is 11.5. The van der Waals surface area contributed by atoms with Gasteiger partial charge < -0.3 is 8.83 Å². The predicted octanol–water partition coefficient (Wildman–Crippen LogP) is 9.44. The molecule has 2 aliphatic rings. The molecule has 2 aliphatic carbocycles. The van der Waals surface area contributed by atoms with Crippen LogP contribution in [0, 0.1) is 13.8 Å². The van der Waals surface area contributed by atoms with E-state index < -0.39 is 0 Å². The Morgan fingerprint density at radius 2 is 0.944 bits per heavy atom. The largest absolute Gasteiger partial charge is 0.464 e. The maximum Gasteiger partial charge on any atom is 0.133 e. The highest BCUT2D eigenvalue weighted by Crippen LogP contribution is 2.58. The fraction of sp³-hybridized carbons (Fsp3) is 0.235. The molecule has 0 fully saturated rings. The van der Waals surface area contributed by atoms with E-state index in [1.54, 1.807) is 12.5 Å². The van der Waals surface area contributed by atoms with Gasteiger partial charge in [-0.2, -0.15) is 0 Å². The first-order chi connectivity index (χ1) is 17.2. The van der Waals surface area contributed by atoms with Crippen molar-refractivity contribution >= 4 is 0 Å². The summed E-state index contributed by atoms with van der Waals surface area (Å²) in [7, 11) is 0. The minimum atomic E-state index is -0.0953. The van der Waals surface area contributed by atoms with Crippen LogP contribution >= 0.6 is 0 Å². The molecule has 36 heavy (non-hydrogen) atoms. The second-order valence-electron chi connectivity index (χ2n) is 11.6. The van der Waals surface area contributed by atoms with Crippen LogP contribution in [0.3, 0.4) is 0 Å². The van der Waals surface area contributed by atoms with E-state index in [1.165, 1.54) is 55.6 Å². The van der Waals surface area contributed by atoms with E-state index in [4.69, 9.17) is 8.83 Å². The van der Waals surface area contributed by atoms with Crippen LogP contribution in [0.2, 0.25) is 0 Å². The zero-order chi connectivity index (χ0) is 25.0. The van der Waals surface area contributed by atoms with Gasteiger partial charge in [0.25, 0.3) is 0 Å². The Labute approximate surface area is 212 Å². The van der Waals surface area contributed by atoms with Crippen LogP contribution in [0.4, 0.5) is 0 Å². The van der Waals surface area contributed by atoms with Crippen LogP contribution in [-0.4, -0.2) is 0 Å². The summed E-state index contributed by atoms with van der Waals surface area (Å²) in [5, 5.41) is 0. The summed E-state index contributed by atoms with van der Waals surface area (Å²) >= 11 is 0. The normalized spacial score (nSPS) is 15.9. The summed E-state index contributed by atoms with van der Waals surface area (Å²) in [5.74, 6) is 1.85. The summed E-state index contributed by atoms with van der Waals surface area (Å²) in [6.45, 7) is 13.9. The Morgan fingerprint density at radius 3 is 1.31 bits per heavy atom. The van der Waals surface area contributed by atoms with Crippen molar-refractivity contribution in [2.24, 2.45) is 0 Å². The van der Waals surface area contributed by atoms with Gasteiger partial charge >= 0.3 is 0 Å². The molecule has 0 saturated heterocycles. The summed E-state index contributed by atoms with van der Waals surface area (Å²) in [6, 6.07) is 22.2. The topological polar surface area (TPSA) is 26.3 Å². The van der Waals surface area contributed by atoms with Gasteiger partial charge in [0.15, 0.2) is 0 Å². The van der Waals surface area contributed by atoms with E-state index >= 15 is 0 Å². The van der Waals surface area contributed by atoms with E-state index in [0.717, 1.165) is 22.6 Å². The van der Waals surface area contributed by atoms with Gasteiger partial charge in [-0.05, 0) is 130 Å². The Kier molecular flexibility index (Phi) is 4.13. The number of hydrogen-bond acceptors (Lipinski definition) is 2. The van der Waals surface area contributed by atoms with Crippen molar-refractivity contribution in [2.45, 2.75) is 52.4 Å². The lowest BCUT2D eigenvalue weighted by molar-refractivity contribution is 0.581. The first-order valence-electron chi connectivity index (χ1n) is 12.8. The molecular formula is C34H30O2. The molecule has 178 valence electrons.